The zero-order chi connectivity index (χ0) is 14.2. The number of halogens is 1. The highest BCUT2D eigenvalue weighted by Gasteiger charge is 2.40. The van der Waals surface area contributed by atoms with E-state index < -0.39 is 5.60 Å². The Balaban J connectivity index is 1.78. The van der Waals surface area contributed by atoms with E-state index in [0.29, 0.717) is 12.2 Å². The minimum absolute atomic E-state index is 0.110. The van der Waals surface area contributed by atoms with Crippen LogP contribution in [-0.4, -0.2) is 28.1 Å². The highest BCUT2D eigenvalue weighted by Crippen LogP contribution is 2.33. The second kappa shape index (κ2) is 5.37. The number of nitrogens with one attached hydrogen (secondary N) is 1. The van der Waals surface area contributed by atoms with Gasteiger partial charge in [-0.2, -0.15) is 11.8 Å². The topological polar surface area (TPSA) is 49.3 Å². The molecule has 0 radical (unpaired) electrons. The minimum atomic E-state index is -1.23. The second-order valence-electron chi connectivity index (χ2n) is 5.60. The number of carbonyl (C=O) groups is 1. The summed E-state index contributed by atoms with van der Waals surface area (Å²) in [5.41, 5.74) is 0.719. The molecule has 1 aromatic carbocycles. The van der Waals surface area contributed by atoms with E-state index in [1.807, 2.05) is 0 Å². The fourth-order valence-corrected chi connectivity index (χ4v) is 4.20. The third-order valence-corrected chi connectivity index (χ3v) is 5.32. The molecule has 0 saturated carbocycles. The molecule has 108 valence electrons. The number of amides is 1. The highest BCUT2D eigenvalue weighted by molar-refractivity contribution is 7.99. The van der Waals surface area contributed by atoms with Crippen molar-refractivity contribution in [1.29, 1.82) is 0 Å². The van der Waals surface area contributed by atoms with E-state index in [4.69, 9.17) is 0 Å². The number of thioether (sulfide) groups is 1. The van der Waals surface area contributed by atoms with Gasteiger partial charge in [-0.05, 0) is 54.7 Å². The van der Waals surface area contributed by atoms with Gasteiger partial charge in [0, 0.05) is 5.75 Å². The van der Waals surface area contributed by atoms with Gasteiger partial charge < -0.3 is 10.4 Å². The van der Waals surface area contributed by atoms with Gasteiger partial charge in [-0.15, -0.1) is 0 Å². The summed E-state index contributed by atoms with van der Waals surface area (Å²) in [4.78, 5) is 12.3. The maximum Gasteiger partial charge on any atom is 0.253 e. The van der Waals surface area contributed by atoms with E-state index >= 15 is 0 Å². The average molecular weight is 295 g/mol. The van der Waals surface area contributed by atoms with E-state index in [2.05, 4.69) is 5.32 Å². The molecule has 5 heteroatoms. The molecule has 1 aromatic rings. The Morgan fingerprint density at radius 1 is 1.50 bits per heavy atom. The Labute approximate surface area is 121 Å². The fourth-order valence-electron chi connectivity index (χ4n) is 2.96. The molecule has 1 aliphatic carbocycles. The number of aryl methyl sites for hydroxylation is 1. The zero-order valence-electron chi connectivity index (χ0n) is 11.2. The van der Waals surface area contributed by atoms with Crippen LogP contribution in [0.5, 0.6) is 0 Å². The molecule has 1 aliphatic heterocycles. The second-order valence-corrected chi connectivity index (χ2v) is 6.70. The van der Waals surface area contributed by atoms with Gasteiger partial charge >= 0.3 is 0 Å². The molecule has 2 aliphatic rings. The Hall–Kier alpha value is -1.07. The quantitative estimate of drug-likeness (QED) is 0.879. The zero-order valence-corrected chi connectivity index (χ0v) is 12.0. The molecule has 0 aromatic heterocycles. The van der Waals surface area contributed by atoms with Gasteiger partial charge in [-0.25, -0.2) is 4.39 Å². The Kier molecular flexibility index (Phi) is 3.73. The van der Waals surface area contributed by atoms with E-state index in [1.165, 1.54) is 6.07 Å². The maximum atomic E-state index is 13.3. The average Bonchev–Trinajstić information content (AvgIpc) is 2.87. The van der Waals surface area contributed by atoms with Gasteiger partial charge in [-0.1, -0.05) is 6.07 Å². The van der Waals surface area contributed by atoms with Crippen LogP contribution in [-0.2, 0) is 11.2 Å². The third-order valence-electron chi connectivity index (χ3n) is 4.15. The molecule has 2 unspecified atom stereocenters. The van der Waals surface area contributed by atoms with Crippen molar-refractivity contribution in [1.82, 2.24) is 5.32 Å². The molecule has 1 fully saturated rings. The van der Waals surface area contributed by atoms with Crippen LogP contribution in [0.15, 0.2) is 18.2 Å². The normalized spacial score (nSPS) is 29.0. The van der Waals surface area contributed by atoms with Crippen LogP contribution in [0.25, 0.3) is 0 Å². The lowest BCUT2D eigenvalue weighted by atomic mass is 9.87. The van der Waals surface area contributed by atoms with Gasteiger partial charge in [0.25, 0.3) is 5.91 Å². The van der Waals surface area contributed by atoms with Crippen LogP contribution in [0.2, 0.25) is 0 Å². The molecule has 2 N–H and O–H groups in total. The van der Waals surface area contributed by atoms with Gasteiger partial charge in [0.1, 0.15) is 5.82 Å². The monoisotopic (exact) mass is 295 g/mol. The first-order chi connectivity index (χ1) is 9.58. The molecule has 2 atom stereocenters. The SMILES string of the molecule is O=C(NC1CCCc2cc(F)ccc21)C1(O)CCSC1. The van der Waals surface area contributed by atoms with E-state index in [9.17, 15) is 14.3 Å². The van der Waals surface area contributed by atoms with Crippen molar-refractivity contribution in [2.45, 2.75) is 37.3 Å². The molecule has 1 amide bonds. The summed E-state index contributed by atoms with van der Waals surface area (Å²) >= 11 is 1.60. The number of fused-ring (bicyclic) bond motifs is 1. The Morgan fingerprint density at radius 3 is 3.10 bits per heavy atom. The first kappa shape index (κ1) is 13.9. The maximum absolute atomic E-state index is 13.3. The van der Waals surface area contributed by atoms with E-state index in [0.717, 1.165) is 36.1 Å². The predicted molar refractivity (Wildman–Crippen MR) is 77.1 cm³/mol. The van der Waals surface area contributed by atoms with Crippen LogP contribution in [0.3, 0.4) is 0 Å². The molecule has 3 nitrogen and oxygen atoms in total. The van der Waals surface area contributed by atoms with Crippen molar-refractivity contribution in [3.8, 4) is 0 Å². The van der Waals surface area contributed by atoms with Crippen LogP contribution < -0.4 is 5.32 Å². The van der Waals surface area contributed by atoms with Crippen molar-refractivity contribution in [2.75, 3.05) is 11.5 Å². The largest absolute Gasteiger partial charge is 0.379 e. The molecule has 1 heterocycles. The van der Waals surface area contributed by atoms with Crippen molar-refractivity contribution >= 4 is 17.7 Å². The lowest BCUT2D eigenvalue weighted by Crippen LogP contribution is -2.48. The van der Waals surface area contributed by atoms with Crippen LogP contribution >= 0.6 is 11.8 Å². The first-order valence-electron chi connectivity index (χ1n) is 6.98. The molecule has 3 rings (SSSR count). The standard InChI is InChI=1S/C15H18FNO2S/c16-11-4-5-12-10(8-11)2-1-3-13(12)17-14(18)15(19)6-7-20-9-15/h4-5,8,13,19H,1-3,6-7,9H2,(H,17,18). The van der Waals surface area contributed by atoms with E-state index in [1.54, 1.807) is 23.9 Å². The number of hydrogen-bond donors (Lipinski definition) is 2. The van der Waals surface area contributed by atoms with Gasteiger partial charge in [0.15, 0.2) is 5.60 Å². The summed E-state index contributed by atoms with van der Waals surface area (Å²) < 4.78 is 13.3. The van der Waals surface area contributed by atoms with Crippen molar-refractivity contribution in [2.24, 2.45) is 0 Å². The molecule has 1 saturated heterocycles. The summed E-state index contributed by atoms with van der Waals surface area (Å²) in [5, 5.41) is 13.2. The fraction of sp³-hybridized carbons (Fsp3) is 0.533. The van der Waals surface area contributed by atoms with Crippen LogP contribution in [0.1, 0.15) is 36.4 Å². The molecular formula is C15H18FNO2S. The number of carbonyl (C=O) groups excluding carboxylic acids is 1. The number of rotatable bonds is 2. The van der Waals surface area contributed by atoms with Crippen LogP contribution in [0.4, 0.5) is 4.39 Å². The lowest BCUT2D eigenvalue weighted by Gasteiger charge is -2.29. The van der Waals surface area contributed by atoms with Crippen molar-refractivity contribution in [3.05, 3.63) is 35.1 Å². The van der Waals surface area contributed by atoms with Gasteiger partial charge in [-0.3, -0.25) is 4.79 Å². The summed E-state index contributed by atoms with van der Waals surface area (Å²) in [6.07, 6.45) is 3.12. The number of aliphatic hydroxyl groups is 1. The number of hydrogen-bond acceptors (Lipinski definition) is 3. The van der Waals surface area contributed by atoms with E-state index in [-0.39, 0.29) is 17.8 Å². The van der Waals surface area contributed by atoms with Crippen molar-refractivity contribution in [3.63, 3.8) is 0 Å². The Morgan fingerprint density at radius 2 is 2.35 bits per heavy atom. The minimum Gasteiger partial charge on any atom is -0.379 e. The smallest absolute Gasteiger partial charge is 0.253 e. The summed E-state index contributed by atoms with van der Waals surface area (Å²) in [7, 11) is 0. The number of benzene rings is 1. The van der Waals surface area contributed by atoms with Crippen LogP contribution in [0, 0.1) is 5.82 Å². The molecular weight excluding hydrogens is 277 g/mol. The molecule has 20 heavy (non-hydrogen) atoms. The lowest BCUT2D eigenvalue weighted by molar-refractivity contribution is -0.138. The van der Waals surface area contributed by atoms with Gasteiger partial charge in [0.2, 0.25) is 0 Å². The molecule has 0 bridgehead atoms. The van der Waals surface area contributed by atoms with Gasteiger partial charge in [0.05, 0.1) is 6.04 Å². The molecule has 0 spiro atoms. The summed E-state index contributed by atoms with van der Waals surface area (Å²) in [6.45, 7) is 0. The summed E-state index contributed by atoms with van der Waals surface area (Å²) in [5.74, 6) is 0.754. The highest BCUT2D eigenvalue weighted by atomic mass is 32.2. The predicted octanol–water partition coefficient (Wildman–Crippen LogP) is 2.19. The summed E-state index contributed by atoms with van der Waals surface area (Å²) in [6, 6.07) is 4.63. The third kappa shape index (κ3) is 2.56. The van der Waals surface area contributed by atoms with Crippen molar-refractivity contribution < 1.29 is 14.3 Å². The first-order valence-corrected chi connectivity index (χ1v) is 8.13. The Bertz CT molecular complexity index is 529.